The summed E-state index contributed by atoms with van der Waals surface area (Å²) < 4.78 is 8.39. The molecule has 0 atom stereocenters. The van der Waals surface area contributed by atoms with Crippen molar-refractivity contribution in [2.45, 2.75) is 10.6 Å². The summed E-state index contributed by atoms with van der Waals surface area (Å²) in [4.78, 5) is 0. The minimum absolute atomic E-state index is 0.202. The first-order chi connectivity index (χ1) is 8.63. The number of benzene rings is 1. The van der Waals surface area contributed by atoms with Gasteiger partial charge in [0.15, 0.2) is 5.16 Å². The Balaban J connectivity index is 2.13. The van der Waals surface area contributed by atoms with E-state index in [2.05, 4.69) is 50.9 Å². The van der Waals surface area contributed by atoms with E-state index in [0.29, 0.717) is 18.4 Å². The molecule has 0 radical (unpaired) electrons. The summed E-state index contributed by atoms with van der Waals surface area (Å²) in [5, 5.41) is 8.90. The Morgan fingerprint density at radius 2 is 2.17 bits per heavy atom. The van der Waals surface area contributed by atoms with Crippen molar-refractivity contribution in [3.63, 3.8) is 0 Å². The molecule has 94 valence electrons. The van der Waals surface area contributed by atoms with E-state index in [1.807, 2.05) is 23.7 Å². The molecule has 1 aromatic carbocycles. The predicted molar refractivity (Wildman–Crippen MR) is 74.0 cm³/mol. The van der Waals surface area contributed by atoms with Gasteiger partial charge >= 0.3 is 0 Å². The fraction of sp³-hybridized carbons (Fsp3) is 0.333. The van der Waals surface area contributed by atoms with E-state index in [1.54, 1.807) is 0 Å². The molecular weight excluding hydrogens is 314 g/mol. The summed E-state index contributed by atoms with van der Waals surface area (Å²) in [5.41, 5.74) is 0.985. The van der Waals surface area contributed by atoms with Gasteiger partial charge in [-0.15, -0.1) is 22.8 Å². The van der Waals surface area contributed by atoms with Crippen LogP contribution in [0.2, 0.25) is 0 Å². The standard InChI is InChI=1S/C12H12BrN3OS/c1-16-10(14-15-11(16)18)12(6-17-7-12)8-3-2-4-9(13)5-8/h2-5H,6-7H2,1H3,(H,15,18). The first-order valence-corrected chi connectivity index (χ1v) is 6.80. The van der Waals surface area contributed by atoms with E-state index in [9.17, 15) is 0 Å². The van der Waals surface area contributed by atoms with E-state index in [4.69, 9.17) is 4.74 Å². The Morgan fingerprint density at radius 1 is 1.39 bits per heavy atom. The number of nitrogens with zero attached hydrogens (tertiary/aromatic N) is 3. The van der Waals surface area contributed by atoms with Crippen LogP contribution in [-0.4, -0.2) is 28.0 Å². The first kappa shape index (κ1) is 12.2. The Morgan fingerprint density at radius 3 is 2.67 bits per heavy atom. The quantitative estimate of drug-likeness (QED) is 0.860. The molecule has 3 rings (SSSR count). The van der Waals surface area contributed by atoms with Crippen LogP contribution in [0.15, 0.2) is 33.9 Å². The van der Waals surface area contributed by atoms with Gasteiger partial charge in [-0.3, -0.25) is 0 Å². The van der Waals surface area contributed by atoms with E-state index in [0.717, 1.165) is 10.3 Å². The molecule has 0 bridgehead atoms. The van der Waals surface area contributed by atoms with Crippen LogP contribution < -0.4 is 0 Å². The maximum absolute atomic E-state index is 5.43. The van der Waals surface area contributed by atoms with Gasteiger partial charge in [0, 0.05) is 11.5 Å². The van der Waals surface area contributed by atoms with Crippen molar-refractivity contribution in [2.75, 3.05) is 13.2 Å². The van der Waals surface area contributed by atoms with Crippen molar-refractivity contribution in [1.29, 1.82) is 0 Å². The third kappa shape index (κ3) is 1.71. The molecule has 2 aromatic rings. The highest BCUT2D eigenvalue weighted by Crippen LogP contribution is 2.39. The normalized spacial score (nSPS) is 17.5. The number of ether oxygens (including phenoxy) is 1. The third-order valence-electron chi connectivity index (χ3n) is 3.35. The van der Waals surface area contributed by atoms with Crippen LogP contribution in [0.25, 0.3) is 0 Å². The highest BCUT2D eigenvalue weighted by molar-refractivity contribution is 9.10. The van der Waals surface area contributed by atoms with Gasteiger partial charge in [0.2, 0.25) is 0 Å². The first-order valence-electron chi connectivity index (χ1n) is 5.56. The van der Waals surface area contributed by atoms with Gasteiger partial charge in [-0.25, -0.2) is 0 Å². The number of hydrogen-bond donors (Lipinski definition) is 1. The van der Waals surface area contributed by atoms with Crippen LogP contribution in [-0.2, 0) is 17.2 Å². The third-order valence-corrected chi connectivity index (χ3v) is 4.24. The van der Waals surface area contributed by atoms with Gasteiger partial charge in [-0.1, -0.05) is 28.1 Å². The molecule has 0 spiro atoms. The van der Waals surface area contributed by atoms with Gasteiger partial charge in [-0.05, 0) is 17.7 Å². The fourth-order valence-corrected chi connectivity index (χ4v) is 2.79. The van der Waals surface area contributed by atoms with Gasteiger partial charge < -0.3 is 9.30 Å². The maximum atomic E-state index is 5.43. The molecule has 18 heavy (non-hydrogen) atoms. The molecule has 4 nitrogen and oxygen atoms in total. The molecule has 0 N–H and O–H groups in total. The summed E-state index contributed by atoms with van der Waals surface area (Å²) >= 11 is 7.79. The van der Waals surface area contributed by atoms with Crippen molar-refractivity contribution in [1.82, 2.24) is 14.8 Å². The minimum atomic E-state index is -0.202. The van der Waals surface area contributed by atoms with E-state index >= 15 is 0 Å². The molecule has 6 heteroatoms. The lowest BCUT2D eigenvalue weighted by Crippen LogP contribution is -2.49. The van der Waals surface area contributed by atoms with Gasteiger partial charge in [-0.2, -0.15) is 0 Å². The Bertz CT molecular complexity index is 595. The zero-order chi connectivity index (χ0) is 12.8. The summed E-state index contributed by atoms with van der Waals surface area (Å²) in [6, 6.07) is 8.24. The molecule has 1 fully saturated rings. The average molecular weight is 326 g/mol. The molecule has 1 aliphatic rings. The predicted octanol–water partition coefficient (Wildman–Crippen LogP) is 2.18. The van der Waals surface area contributed by atoms with Crippen molar-refractivity contribution < 1.29 is 4.74 Å². The smallest absolute Gasteiger partial charge is 0.187 e. The molecule has 1 saturated heterocycles. The number of halogens is 1. The fourth-order valence-electron chi connectivity index (χ4n) is 2.25. The Hall–Kier alpha value is -0.850. The second-order valence-corrected chi connectivity index (χ2v) is 5.78. The second kappa shape index (κ2) is 4.36. The van der Waals surface area contributed by atoms with E-state index in [1.165, 1.54) is 5.56 Å². The number of aromatic nitrogens is 3. The molecule has 0 amide bonds. The van der Waals surface area contributed by atoms with E-state index in [-0.39, 0.29) is 5.41 Å². The highest BCUT2D eigenvalue weighted by Gasteiger charge is 2.46. The van der Waals surface area contributed by atoms with Crippen molar-refractivity contribution in [3.05, 3.63) is 40.1 Å². The van der Waals surface area contributed by atoms with Crippen molar-refractivity contribution in [3.8, 4) is 0 Å². The summed E-state index contributed by atoms with van der Waals surface area (Å²) in [6.07, 6.45) is 0. The molecule has 2 heterocycles. The summed E-state index contributed by atoms with van der Waals surface area (Å²) in [6.45, 7) is 1.26. The topological polar surface area (TPSA) is 39.9 Å². The molecule has 0 unspecified atom stereocenters. The number of rotatable bonds is 2. The minimum Gasteiger partial charge on any atom is -0.378 e. The lowest BCUT2D eigenvalue weighted by Gasteiger charge is -2.40. The number of thiol groups is 1. The van der Waals surface area contributed by atoms with Gasteiger partial charge in [0.05, 0.1) is 13.2 Å². The largest absolute Gasteiger partial charge is 0.378 e. The highest BCUT2D eigenvalue weighted by atomic mass is 79.9. The zero-order valence-corrected chi connectivity index (χ0v) is 12.3. The molecule has 1 aliphatic heterocycles. The van der Waals surface area contributed by atoms with E-state index < -0.39 is 0 Å². The SMILES string of the molecule is Cn1c(S)nnc1C1(c2cccc(Br)c2)COC1. The number of hydrogen-bond acceptors (Lipinski definition) is 4. The van der Waals surface area contributed by atoms with Crippen LogP contribution in [0.3, 0.4) is 0 Å². The van der Waals surface area contributed by atoms with Crippen LogP contribution in [0.5, 0.6) is 0 Å². The Labute approximate surface area is 119 Å². The van der Waals surface area contributed by atoms with Gasteiger partial charge in [0.25, 0.3) is 0 Å². The molecule has 1 aromatic heterocycles. The van der Waals surface area contributed by atoms with Crippen LogP contribution in [0.4, 0.5) is 0 Å². The molecular formula is C12H12BrN3OS. The van der Waals surface area contributed by atoms with Crippen LogP contribution in [0.1, 0.15) is 11.4 Å². The maximum Gasteiger partial charge on any atom is 0.187 e. The second-order valence-electron chi connectivity index (χ2n) is 4.47. The lowest BCUT2D eigenvalue weighted by molar-refractivity contribution is -0.0437. The Kier molecular flexibility index (Phi) is 2.96. The molecule has 0 aliphatic carbocycles. The zero-order valence-electron chi connectivity index (χ0n) is 9.80. The molecule has 0 saturated carbocycles. The van der Waals surface area contributed by atoms with Crippen LogP contribution in [0, 0.1) is 0 Å². The lowest BCUT2D eigenvalue weighted by atomic mass is 9.78. The van der Waals surface area contributed by atoms with Crippen LogP contribution >= 0.6 is 28.6 Å². The van der Waals surface area contributed by atoms with Gasteiger partial charge in [0.1, 0.15) is 11.2 Å². The summed E-state index contributed by atoms with van der Waals surface area (Å²) in [5.74, 6) is 0.900. The monoisotopic (exact) mass is 325 g/mol. The summed E-state index contributed by atoms with van der Waals surface area (Å²) in [7, 11) is 1.93. The van der Waals surface area contributed by atoms with Crippen molar-refractivity contribution >= 4 is 28.6 Å². The average Bonchev–Trinajstić information content (AvgIpc) is 2.60. The van der Waals surface area contributed by atoms with Crippen molar-refractivity contribution in [2.24, 2.45) is 7.05 Å².